The number of rotatable bonds is 15. The topological polar surface area (TPSA) is 208 Å². The third-order valence-electron chi connectivity index (χ3n) is 9.96. The Morgan fingerprint density at radius 2 is 1.58 bits per heavy atom. The van der Waals surface area contributed by atoms with E-state index in [-0.39, 0.29) is 75.1 Å². The number of nitrogens with zero attached hydrogens (tertiary/aromatic N) is 5. The van der Waals surface area contributed by atoms with Crippen LogP contribution in [-0.2, 0) is 38.2 Å². The Kier molecular flexibility index (Phi) is 14.5. The number of carbonyl (C=O) groups is 7. The third kappa shape index (κ3) is 11.4. The Hall–Kier alpha value is -5.68. The number of amides is 5. The van der Waals surface area contributed by atoms with Gasteiger partial charge in [0.2, 0.25) is 24.5 Å². The maximum Gasteiger partial charge on any atom is 0.409 e. The van der Waals surface area contributed by atoms with Gasteiger partial charge in [-0.2, -0.15) is 5.10 Å². The summed E-state index contributed by atoms with van der Waals surface area (Å²) < 4.78 is 22.5. The summed E-state index contributed by atoms with van der Waals surface area (Å²) in [5, 5.41) is 10.2. The number of benzene rings is 1. The van der Waals surface area contributed by atoms with E-state index in [1.165, 1.54) is 25.4 Å². The van der Waals surface area contributed by atoms with E-state index in [2.05, 4.69) is 15.7 Å². The number of esters is 2. The second kappa shape index (κ2) is 19.5. The van der Waals surface area contributed by atoms with E-state index in [0.717, 1.165) is 19.3 Å². The Balaban J connectivity index is 1.28. The fourth-order valence-corrected chi connectivity index (χ4v) is 6.47. The second-order valence-corrected chi connectivity index (χ2v) is 15.2. The minimum atomic E-state index is -1.22. The standard InChI is InChI=1S/C39H53N7O11/c1-5-54-38(53)44-21-19-43(20-22-44)36(51)28(16-17-33(48)56-25-57-37(52)39(2,3)4)41-34(49)29-23-32(46(42-29)27-13-7-6-8-14-27)55-24-31(47)45-18-10-15-30(45)35(50)40-26-11-9-12-26/h6-8,13-14,23,26,28,30H,5,9-12,15-22,24-25H2,1-4H3,(H,40,50)(H,41,49). The highest BCUT2D eigenvalue weighted by molar-refractivity contribution is 5.96. The number of ether oxygens (including phenoxy) is 4. The van der Waals surface area contributed by atoms with Crippen molar-refractivity contribution in [1.82, 2.24) is 35.1 Å². The third-order valence-corrected chi connectivity index (χ3v) is 9.96. The highest BCUT2D eigenvalue weighted by Crippen LogP contribution is 2.24. The van der Waals surface area contributed by atoms with E-state index in [1.807, 2.05) is 0 Å². The monoisotopic (exact) mass is 795 g/mol. The van der Waals surface area contributed by atoms with Crippen LogP contribution < -0.4 is 15.4 Å². The van der Waals surface area contributed by atoms with Gasteiger partial charge in [0.15, 0.2) is 12.3 Å². The molecule has 2 atom stereocenters. The van der Waals surface area contributed by atoms with Gasteiger partial charge < -0.3 is 44.3 Å². The van der Waals surface area contributed by atoms with E-state index < -0.39 is 60.7 Å². The molecule has 3 heterocycles. The molecule has 0 bridgehead atoms. The molecular weight excluding hydrogens is 742 g/mol. The van der Waals surface area contributed by atoms with Crippen LogP contribution in [0.25, 0.3) is 5.69 Å². The van der Waals surface area contributed by atoms with Crippen molar-refractivity contribution in [2.45, 2.75) is 90.8 Å². The van der Waals surface area contributed by atoms with Crippen LogP contribution in [0.2, 0.25) is 0 Å². The van der Waals surface area contributed by atoms with Gasteiger partial charge in [-0.25, -0.2) is 9.48 Å². The molecule has 0 radical (unpaired) electrons. The summed E-state index contributed by atoms with van der Waals surface area (Å²) in [5.74, 6) is -3.06. The predicted molar refractivity (Wildman–Crippen MR) is 202 cm³/mol. The zero-order valence-electron chi connectivity index (χ0n) is 33.0. The van der Waals surface area contributed by atoms with Crippen LogP contribution in [0, 0.1) is 5.41 Å². The number of hydrogen-bond acceptors (Lipinski definition) is 12. The lowest BCUT2D eigenvalue weighted by atomic mass is 9.93. The molecule has 5 amide bonds. The minimum absolute atomic E-state index is 0.0701. The van der Waals surface area contributed by atoms with Gasteiger partial charge >= 0.3 is 18.0 Å². The average Bonchev–Trinajstić information content (AvgIpc) is 3.85. The molecule has 2 unspecified atom stereocenters. The molecule has 1 aromatic carbocycles. The first-order valence-corrected chi connectivity index (χ1v) is 19.5. The van der Waals surface area contributed by atoms with Crippen LogP contribution in [0.4, 0.5) is 4.79 Å². The predicted octanol–water partition coefficient (Wildman–Crippen LogP) is 2.18. The van der Waals surface area contributed by atoms with Crippen molar-refractivity contribution in [3.05, 3.63) is 42.1 Å². The largest absolute Gasteiger partial charge is 0.467 e. The highest BCUT2D eigenvalue weighted by Gasteiger charge is 2.36. The van der Waals surface area contributed by atoms with Crippen LogP contribution in [0.1, 0.15) is 83.1 Å². The van der Waals surface area contributed by atoms with Gasteiger partial charge in [0, 0.05) is 51.3 Å². The molecule has 310 valence electrons. The first-order chi connectivity index (χ1) is 27.2. The van der Waals surface area contributed by atoms with Crippen LogP contribution in [0.15, 0.2) is 36.4 Å². The van der Waals surface area contributed by atoms with Crippen molar-refractivity contribution in [3.63, 3.8) is 0 Å². The Morgan fingerprint density at radius 3 is 2.23 bits per heavy atom. The molecule has 1 aromatic heterocycles. The fourth-order valence-electron chi connectivity index (χ4n) is 6.47. The lowest BCUT2D eigenvalue weighted by Gasteiger charge is -2.35. The molecular formula is C39H53N7O11. The molecule has 2 aromatic rings. The molecule has 3 fully saturated rings. The summed E-state index contributed by atoms with van der Waals surface area (Å²) in [6.07, 6.45) is 3.20. The summed E-state index contributed by atoms with van der Waals surface area (Å²) in [6, 6.07) is 8.48. The number of carbonyl (C=O) groups excluding carboxylic acids is 7. The van der Waals surface area contributed by atoms with Crippen LogP contribution in [0.3, 0.4) is 0 Å². The van der Waals surface area contributed by atoms with Gasteiger partial charge in [0.1, 0.15) is 12.1 Å². The zero-order chi connectivity index (χ0) is 41.1. The first-order valence-electron chi connectivity index (χ1n) is 19.5. The van der Waals surface area contributed by atoms with Gasteiger partial charge in [-0.15, -0.1) is 0 Å². The molecule has 57 heavy (non-hydrogen) atoms. The average molecular weight is 796 g/mol. The van der Waals surface area contributed by atoms with Crippen molar-refractivity contribution < 1.29 is 52.5 Å². The maximum absolute atomic E-state index is 13.9. The van der Waals surface area contributed by atoms with Gasteiger partial charge in [0.05, 0.1) is 17.7 Å². The van der Waals surface area contributed by atoms with Crippen molar-refractivity contribution in [1.29, 1.82) is 0 Å². The fraction of sp³-hybridized carbons (Fsp3) is 0.590. The van der Waals surface area contributed by atoms with Crippen LogP contribution in [0.5, 0.6) is 5.88 Å². The van der Waals surface area contributed by atoms with Crippen molar-refractivity contribution >= 4 is 41.7 Å². The maximum atomic E-state index is 13.9. The second-order valence-electron chi connectivity index (χ2n) is 15.2. The number of hydrogen-bond donors (Lipinski definition) is 2. The molecule has 3 aliphatic rings. The summed E-state index contributed by atoms with van der Waals surface area (Å²) in [5.41, 5.74) is -0.412. The number of para-hydroxylation sites is 1. The normalized spacial score (nSPS) is 17.5. The molecule has 2 aliphatic heterocycles. The van der Waals surface area contributed by atoms with Crippen LogP contribution >= 0.6 is 0 Å². The van der Waals surface area contributed by atoms with E-state index in [0.29, 0.717) is 25.1 Å². The van der Waals surface area contributed by atoms with Gasteiger partial charge in [-0.05, 0) is 78.4 Å². The Morgan fingerprint density at radius 1 is 0.877 bits per heavy atom. The lowest BCUT2D eigenvalue weighted by Crippen LogP contribution is -2.56. The van der Waals surface area contributed by atoms with E-state index >= 15 is 0 Å². The van der Waals surface area contributed by atoms with Crippen molar-refractivity contribution in [3.8, 4) is 11.6 Å². The summed E-state index contributed by atoms with van der Waals surface area (Å²) >= 11 is 0. The first kappa shape index (κ1) is 42.5. The minimum Gasteiger partial charge on any atom is -0.467 e. The summed E-state index contributed by atoms with van der Waals surface area (Å²) in [6.45, 7) is 6.99. The molecule has 2 saturated heterocycles. The number of aromatic nitrogens is 2. The summed E-state index contributed by atoms with van der Waals surface area (Å²) in [4.78, 5) is 95.5. The SMILES string of the molecule is CCOC(=O)N1CCN(C(=O)C(CCC(=O)OCOC(=O)C(C)(C)C)NC(=O)c2cc(OCC(=O)N3CCCC3C(=O)NC3CCC3)n(-c3ccccc3)n2)CC1. The number of nitrogens with one attached hydrogen (secondary N) is 2. The Bertz CT molecular complexity index is 1760. The molecule has 1 saturated carbocycles. The van der Waals surface area contributed by atoms with E-state index in [4.69, 9.17) is 18.9 Å². The van der Waals surface area contributed by atoms with Gasteiger partial charge in [0.25, 0.3) is 11.8 Å². The molecule has 0 spiro atoms. The Labute approximate surface area is 331 Å². The lowest BCUT2D eigenvalue weighted by molar-refractivity contribution is -0.173. The van der Waals surface area contributed by atoms with Crippen molar-refractivity contribution in [2.24, 2.45) is 5.41 Å². The molecule has 1 aliphatic carbocycles. The number of piperazine rings is 1. The van der Waals surface area contributed by atoms with Gasteiger partial charge in [-0.1, -0.05) is 18.2 Å². The van der Waals surface area contributed by atoms with Gasteiger partial charge in [-0.3, -0.25) is 28.8 Å². The molecule has 2 N–H and O–H groups in total. The highest BCUT2D eigenvalue weighted by atomic mass is 16.7. The summed E-state index contributed by atoms with van der Waals surface area (Å²) in [7, 11) is 0. The van der Waals surface area contributed by atoms with E-state index in [1.54, 1.807) is 58.0 Å². The molecule has 18 nitrogen and oxygen atoms in total. The van der Waals surface area contributed by atoms with Crippen molar-refractivity contribution in [2.75, 3.05) is 52.7 Å². The van der Waals surface area contributed by atoms with E-state index in [9.17, 15) is 33.6 Å². The zero-order valence-corrected chi connectivity index (χ0v) is 33.0. The smallest absolute Gasteiger partial charge is 0.409 e. The molecule has 5 rings (SSSR count). The number of likely N-dealkylation sites (tertiary alicyclic amines) is 1. The van der Waals surface area contributed by atoms with Crippen LogP contribution in [-0.4, -0.2) is 137 Å². The quantitative estimate of drug-likeness (QED) is 0.197. The molecule has 18 heteroatoms.